The van der Waals surface area contributed by atoms with Crippen molar-refractivity contribution in [3.05, 3.63) is 53.4 Å². The number of carbonyl (C=O) groups is 4. The second-order valence-corrected chi connectivity index (χ2v) is 19.4. The number of fused-ring (bicyclic) bond motifs is 7. The zero-order valence-corrected chi connectivity index (χ0v) is 32.6. The molecule has 0 radical (unpaired) electrons. The van der Waals surface area contributed by atoms with E-state index >= 15 is 0 Å². The Morgan fingerprint density at radius 3 is 2.33 bits per heavy atom. The van der Waals surface area contributed by atoms with E-state index in [2.05, 4.69) is 59.5 Å². The normalized spacial score (nSPS) is 37.4. The number of ether oxygens (including phenoxy) is 1. The van der Waals surface area contributed by atoms with Gasteiger partial charge in [0.2, 0.25) is 0 Å². The number of hydrogen-bond acceptors (Lipinski definition) is 6. The molecule has 7 heteroatoms. The third-order valence-electron chi connectivity index (χ3n) is 15.5. The summed E-state index contributed by atoms with van der Waals surface area (Å²) in [4.78, 5) is 56.3. The maximum Gasteiger partial charge on any atom is 0.309 e. The Bertz CT molecular complexity index is 1650. The van der Waals surface area contributed by atoms with E-state index in [1.807, 2.05) is 18.2 Å². The highest BCUT2D eigenvalue weighted by Gasteiger charge is 2.70. The van der Waals surface area contributed by atoms with Gasteiger partial charge in [0.25, 0.3) is 0 Å². The molecule has 0 unspecified atom stereocenters. The average Bonchev–Trinajstić information content (AvgIpc) is 3.34. The van der Waals surface area contributed by atoms with Gasteiger partial charge < -0.3 is 9.84 Å². The maximum absolute atomic E-state index is 13.9. The van der Waals surface area contributed by atoms with Crippen molar-refractivity contribution < 1.29 is 29.0 Å². The Balaban J connectivity index is 1.28. The molecule has 0 saturated heterocycles. The summed E-state index contributed by atoms with van der Waals surface area (Å²) >= 11 is 0. The lowest BCUT2D eigenvalue weighted by molar-refractivity contribution is -0.232. The van der Waals surface area contributed by atoms with Crippen molar-refractivity contribution in [2.45, 2.75) is 139 Å². The van der Waals surface area contributed by atoms with E-state index in [0.29, 0.717) is 18.3 Å². The second kappa shape index (κ2) is 12.8. The Morgan fingerprint density at radius 2 is 1.69 bits per heavy atom. The molecule has 4 saturated carbocycles. The summed E-state index contributed by atoms with van der Waals surface area (Å²) in [5.41, 5.74) is 1.46. The molecule has 278 valence electrons. The van der Waals surface area contributed by atoms with E-state index in [9.17, 15) is 24.3 Å². The summed E-state index contributed by atoms with van der Waals surface area (Å²) in [7, 11) is 0. The highest BCUT2D eigenvalue weighted by atomic mass is 16.5. The minimum atomic E-state index is -1.16. The fourth-order valence-corrected chi connectivity index (χ4v) is 12.7. The molecular weight excluding hydrogens is 638 g/mol. The van der Waals surface area contributed by atoms with Crippen molar-refractivity contribution in [1.82, 2.24) is 4.98 Å². The molecule has 1 aromatic rings. The van der Waals surface area contributed by atoms with Crippen LogP contribution in [0.5, 0.6) is 0 Å². The maximum atomic E-state index is 13.9. The molecule has 5 aliphatic rings. The molecule has 7 nitrogen and oxygen atoms in total. The van der Waals surface area contributed by atoms with Crippen LogP contribution in [0.25, 0.3) is 0 Å². The summed E-state index contributed by atoms with van der Waals surface area (Å²) in [6.07, 6.45) is 13.9. The number of carboxylic acids is 1. The van der Waals surface area contributed by atoms with Gasteiger partial charge in [0.1, 0.15) is 6.10 Å². The van der Waals surface area contributed by atoms with Crippen LogP contribution in [0.3, 0.4) is 0 Å². The van der Waals surface area contributed by atoms with Crippen molar-refractivity contribution in [1.29, 1.82) is 0 Å². The fraction of sp³-hybridized carbons (Fsp3) is 0.705. The van der Waals surface area contributed by atoms with Crippen LogP contribution in [-0.2, 0) is 30.3 Å². The molecule has 0 aliphatic heterocycles. The Kier molecular flexibility index (Phi) is 9.45. The Hall–Kier alpha value is -3.09. The van der Waals surface area contributed by atoms with Gasteiger partial charge in [0.15, 0.2) is 11.6 Å². The number of hydrogen-bond donors (Lipinski definition) is 1. The zero-order valence-electron chi connectivity index (χ0n) is 32.6. The van der Waals surface area contributed by atoms with Crippen LogP contribution >= 0.6 is 0 Å². The molecule has 5 aliphatic carbocycles. The SMILES string of the molecule is CC(C)C1=C2[C@H]3CC[C@@H]4[C@@]5(C)CC[C@H](OC(=O)CC(C)(C)C(=O)O)C(C)(C)[C@@H]5CC[C@@]4(C)[C@]3(C)CC[C@@]2(/C=C/C(=O)Cc2ccccn2)CC1=O. The van der Waals surface area contributed by atoms with Gasteiger partial charge in [0.05, 0.1) is 18.3 Å². The average molecular weight is 700 g/mol. The number of aromatic nitrogens is 1. The van der Waals surface area contributed by atoms with Crippen LogP contribution in [0.2, 0.25) is 0 Å². The molecule has 1 aromatic heterocycles. The molecule has 8 atom stereocenters. The van der Waals surface area contributed by atoms with E-state index in [1.165, 1.54) is 5.57 Å². The van der Waals surface area contributed by atoms with E-state index in [-0.39, 0.29) is 64.0 Å². The molecular formula is C44H61NO6. The smallest absolute Gasteiger partial charge is 0.309 e. The van der Waals surface area contributed by atoms with Gasteiger partial charge in [-0.3, -0.25) is 24.2 Å². The highest BCUT2D eigenvalue weighted by molar-refractivity contribution is 6.01. The zero-order chi connectivity index (χ0) is 37.4. The van der Waals surface area contributed by atoms with Gasteiger partial charge in [-0.05, 0) is 134 Å². The summed E-state index contributed by atoms with van der Waals surface area (Å²) in [6.45, 7) is 19.6. The molecule has 4 fully saturated rings. The topological polar surface area (TPSA) is 111 Å². The number of allylic oxidation sites excluding steroid dienone is 4. The van der Waals surface area contributed by atoms with Crippen molar-refractivity contribution in [3.8, 4) is 0 Å². The standard InChI is InChI=1S/C44H61NO6/c1-27(2)36-31(47)25-44(20-15-29(46)24-28-12-10-11-23-45-28)22-21-42(8)30(37(36)44)13-14-33-41(7)18-17-34(51-35(48)26-39(3,4)38(49)50)40(5,6)32(41)16-19-43(33,42)9/h10-12,15,20,23,27,30,32-34H,13-14,16-19,21-22,24-26H2,1-9H3,(H,49,50)/b20-15+/t30-,32+,33-,34+,41+,42-,43-,44+/m1/s1. The quantitative estimate of drug-likeness (QED) is 0.202. The number of Topliss-reactive ketones (excluding diaryl/α,β-unsaturated/α-hetero) is 1. The summed E-state index contributed by atoms with van der Waals surface area (Å²) in [5.74, 6) is 0.160. The van der Waals surface area contributed by atoms with Crippen molar-refractivity contribution in [2.24, 2.45) is 56.2 Å². The number of esters is 1. The second-order valence-electron chi connectivity index (χ2n) is 19.4. The molecule has 0 bridgehead atoms. The lowest BCUT2D eigenvalue weighted by Crippen LogP contribution is -2.65. The predicted molar refractivity (Wildman–Crippen MR) is 197 cm³/mol. The van der Waals surface area contributed by atoms with Crippen molar-refractivity contribution in [3.63, 3.8) is 0 Å². The number of carboxylic acid groups (broad SMARTS) is 1. The first-order valence-electron chi connectivity index (χ1n) is 19.5. The number of nitrogens with zero attached hydrogens (tertiary/aromatic N) is 1. The fourth-order valence-electron chi connectivity index (χ4n) is 12.7. The summed E-state index contributed by atoms with van der Waals surface area (Å²) in [6, 6.07) is 5.65. The summed E-state index contributed by atoms with van der Waals surface area (Å²) < 4.78 is 6.15. The molecule has 1 heterocycles. The first-order valence-corrected chi connectivity index (χ1v) is 19.5. The predicted octanol–water partition coefficient (Wildman–Crippen LogP) is 9.14. The molecule has 0 amide bonds. The van der Waals surface area contributed by atoms with Crippen LogP contribution < -0.4 is 0 Å². The van der Waals surface area contributed by atoms with Crippen LogP contribution in [0, 0.1) is 56.2 Å². The number of pyridine rings is 1. The third-order valence-corrected chi connectivity index (χ3v) is 15.5. The van der Waals surface area contributed by atoms with Crippen molar-refractivity contribution in [2.75, 3.05) is 0 Å². The Labute approximate surface area is 305 Å². The third kappa shape index (κ3) is 5.97. The van der Waals surface area contributed by atoms with E-state index < -0.39 is 22.8 Å². The van der Waals surface area contributed by atoms with Crippen LogP contribution in [-0.4, -0.2) is 39.7 Å². The molecule has 6 rings (SSSR count). The van der Waals surface area contributed by atoms with Crippen LogP contribution in [0.15, 0.2) is 47.7 Å². The highest BCUT2D eigenvalue weighted by Crippen LogP contribution is 2.77. The lowest BCUT2D eigenvalue weighted by Gasteiger charge is -2.72. The lowest BCUT2D eigenvalue weighted by atomic mass is 9.33. The monoisotopic (exact) mass is 699 g/mol. The first kappa shape index (κ1) is 37.7. The number of carbonyl (C=O) groups excluding carboxylic acids is 3. The Morgan fingerprint density at radius 1 is 0.961 bits per heavy atom. The minimum absolute atomic E-state index is 0.00910. The largest absolute Gasteiger partial charge is 0.481 e. The molecule has 1 N–H and O–H groups in total. The van der Waals surface area contributed by atoms with Crippen LogP contribution in [0.4, 0.5) is 0 Å². The van der Waals surface area contributed by atoms with Gasteiger partial charge in [-0.1, -0.05) is 60.6 Å². The van der Waals surface area contributed by atoms with E-state index in [1.54, 1.807) is 26.1 Å². The first-order chi connectivity index (χ1) is 23.7. The number of ketones is 2. The minimum Gasteiger partial charge on any atom is -0.481 e. The van der Waals surface area contributed by atoms with Gasteiger partial charge in [-0.25, -0.2) is 0 Å². The van der Waals surface area contributed by atoms with Gasteiger partial charge in [-0.15, -0.1) is 0 Å². The molecule has 0 spiro atoms. The van der Waals surface area contributed by atoms with Crippen LogP contribution in [0.1, 0.15) is 132 Å². The van der Waals surface area contributed by atoms with Crippen molar-refractivity contribution >= 4 is 23.5 Å². The van der Waals surface area contributed by atoms with Gasteiger partial charge >= 0.3 is 11.9 Å². The van der Waals surface area contributed by atoms with Gasteiger partial charge in [0, 0.05) is 29.1 Å². The summed E-state index contributed by atoms with van der Waals surface area (Å²) in [5, 5.41) is 9.60. The number of aliphatic carboxylic acids is 1. The molecule has 0 aromatic carbocycles. The van der Waals surface area contributed by atoms with Gasteiger partial charge in [-0.2, -0.15) is 0 Å². The molecule has 51 heavy (non-hydrogen) atoms. The van der Waals surface area contributed by atoms with E-state index in [4.69, 9.17) is 4.74 Å². The number of rotatable bonds is 9. The van der Waals surface area contributed by atoms with E-state index in [0.717, 1.165) is 62.6 Å².